The van der Waals surface area contributed by atoms with Crippen LogP contribution in [-0.2, 0) is 0 Å². The Morgan fingerprint density at radius 1 is 1.36 bits per heavy atom. The van der Waals surface area contributed by atoms with E-state index < -0.39 is 5.82 Å². The van der Waals surface area contributed by atoms with E-state index >= 15 is 0 Å². The van der Waals surface area contributed by atoms with Gasteiger partial charge in [-0.2, -0.15) is 0 Å². The van der Waals surface area contributed by atoms with Gasteiger partial charge in [0, 0.05) is 12.2 Å². The number of hydrogen-bond donors (Lipinski definition) is 2. The van der Waals surface area contributed by atoms with Crippen molar-refractivity contribution < 1.29 is 9.18 Å². The predicted octanol–water partition coefficient (Wildman–Crippen LogP) is 4.33. The van der Waals surface area contributed by atoms with Crippen molar-refractivity contribution in [1.82, 2.24) is 0 Å². The molecule has 0 aromatic heterocycles. The largest absolute Gasteiger partial charge is 0.381 e. The van der Waals surface area contributed by atoms with Crippen molar-refractivity contribution in [3.63, 3.8) is 0 Å². The number of benzene rings is 2. The average Bonchev–Trinajstić information content (AvgIpc) is 2.50. The molecule has 1 atom stereocenters. The summed E-state index contributed by atoms with van der Waals surface area (Å²) in [6, 6.07) is 11.4. The first kappa shape index (κ1) is 14.7. The second-order valence-electron chi connectivity index (χ2n) is 5.18. The zero-order chi connectivity index (χ0) is 15.7. The molecule has 114 valence electrons. The van der Waals surface area contributed by atoms with E-state index in [9.17, 15) is 9.18 Å². The summed E-state index contributed by atoms with van der Waals surface area (Å²) in [7, 11) is 0. The summed E-state index contributed by atoms with van der Waals surface area (Å²) in [4.78, 5) is 14.3. The van der Waals surface area contributed by atoms with Crippen molar-refractivity contribution in [2.24, 2.45) is 0 Å². The lowest BCUT2D eigenvalue weighted by Gasteiger charge is -2.35. The van der Waals surface area contributed by atoms with Crippen LogP contribution in [0.2, 0.25) is 5.02 Å². The quantitative estimate of drug-likeness (QED) is 0.821. The van der Waals surface area contributed by atoms with Gasteiger partial charge in [0.05, 0.1) is 22.4 Å². The number of carbonyl (C=O) groups is 1. The number of amides is 2. The van der Waals surface area contributed by atoms with Crippen molar-refractivity contribution in [2.45, 2.75) is 13.0 Å². The normalized spacial score (nSPS) is 16.7. The number of fused-ring (bicyclic) bond motifs is 1. The fourth-order valence-corrected chi connectivity index (χ4v) is 2.67. The minimum atomic E-state index is -0.513. The van der Waals surface area contributed by atoms with Crippen LogP contribution < -0.4 is 15.5 Å². The Morgan fingerprint density at radius 3 is 2.91 bits per heavy atom. The lowest BCUT2D eigenvalue weighted by molar-refractivity contribution is 0.255. The van der Waals surface area contributed by atoms with Crippen LogP contribution in [0.25, 0.3) is 0 Å². The fraction of sp³-hybridized carbons (Fsp3) is 0.188. The zero-order valence-electron chi connectivity index (χ0n) is 11.9. The maximum absolute atomic E-state index is 13.2. The predicted molar refractivity (Wildman–Crippen MR) is 87.3 cm³/mol. The van der Waals surface area contributed by atoms with Gasteiger partial charge in [0.2, 0.25) is 0 Å². The highest BCUT2D eigenvalue weighted by molar-refractivity contribution is 6.31. The Bertz CT molecular complexity index is 722. The van der Waals surface area contributed by atoms with Gasteiger partial charge in [-0.3, -0.25) is 4.90 Å². The Kier molecular flexibility index (Phi) is 3.90. The molecular weight excluding hydrogens is 305 g/mol. The van der Waals surface area contributed by atoms with E-state index in [-0.39, 0.29) is 17.1 Å². The lowest BCUT2D eigenvalue weighted by Crippen LogP contribution is -2.47. The van der Waals surface area contributed by atoms with Crippen LogP contribution in [0.1, 0.15) is 6.92 Å². The van der Waals surface area contributed by atoms with Gasteiger partial charge < -0.3 is 10.6 Å². The monoisotopic (exact) mass is 319 g/mol. The molecule has 0 spiro atoms. The molecule has 0 aliphatic carbocycles. The van der Waals surface area contributed by atoms with E-state index in [1.165, 1.54) is 18.2 Å². The molecule has 0 saturated heterocycles. The van der Waals surface area contributed by atoms with Gasteiger partial charge in [-0.25, -0.2) is 9.18 Å². The molecular formula is C16H15ClFN3O. The number of nitrogens with zero attached hydrogens (tertiary/aromatic N) is 1. The highest BCUT2D eigenvalue weighted by Crippen LogP contribution is 2.31. The number of carbonyl (C=O) groups excluding carboxylic acids is 1. The molecule has 1 unspecified atom stereocenters. The SMILES string of the molecule is CC1CNc2ccccc2N1C(=O)Nc1ccc(F)c(Cl)c1. The standard InChI is InChI=1S/C16H15ClFN3O/c1-10-9-19-14-4-2-3-5-15(14)21(10)16(22)20-11-6-7-13(18)12(17)8-11/h2-8,10,19H,9H2,1H3,(H,20,22). The minimum Gasteiger partial charge on any atom is -0.381 e. The van der Waals surface area contributed by atoms with Crippen molar-refractivity contribution in [2.75, 3.05) is 22.1 Å². The number of urea groups is 1. The van der Waals surface area contributed by atoms with E-state index in [2.05, 4.69) is 10.6 Å². The summed E-state index contributed by atoms with van der Waals surface area (Å²) in [5.74, 6) is -0.513. The van der Waals surface area contributed by atoms with Gasteiger partial charge in [0.15, 0.2) is 0 Å². The highest BCUT2D eigenvalue weighted by Gasteiger charge is 2.28. The molecule has 6 heteroatoms. The summed E-state index contributed by atoms with van der Waals surface area (Å²) in [6.45, 7) is 2.62. The maximum Gasteiger partial charge on any atom is 0.326 e. The first-order chi connectivity index (χ1) is 10.6. The van der Waals surface area contributed by atoms with E-state index in [1.54, 1.807) is 4.90 Å². The van der Waals surface area contributed by atoms with Crippen LogP contribution in [0, 0.1) is 5.82 Å². The van der Waals surface area contributed by atoms with Gasteiger partial charge in [-0.05, 0) is 37.3 Å². The van der Waals surface area contributed by atoms with Crippen molar-refractivity contribution in [3.05, 3.63) is 53.3 Å². The van der Waals surface area contributed by atoms with Crippen molar-refractivity contribution >= 4 is 34.7 Å². The average molecular weight is 320 g/mol. The van der Waals surface area contributed by atoms with Crippen LogP contribution in [-0.4, -0.2) is 18.6 Å². The third kappa shape index (κ3) is 2.72. The number of rotatable bonds is 1. The molecule has 3 rings (SSSR count). The van der Waals surface area contributed by atoms with E-state index in [0.717, 1.165) is 11.4 Å². The van der Waals surface area contributed by atoms with Crippen LogP contribution in [0.15, 0.2) is 42.5 Å². The second kappa shape index (κ2) is 5.85. The molecule has 4 nitrogen and oxygen atoms in total. The number of para-hydroxylation sites is 2. The summed E-state index contributed by atoms with van der Waals surface area (Å²) in [5.41, 5.74) is 2.18. The Morgan fingerprint density at radius 2 is 2.14 bits per heavy atom. The molecule has 1 aliphatic heterocycles. The number of hydrogen-bond acceptors (Lipinski definition) is 2. The number of anilines is 3. The third-order valence-corrected chi connectivity index (χ3v) is 3.87. The molecule has 22 heavy (non-hydrogen) atoms. The lowest BCUT2D eigenvalue weighted by atomic mass is 10.1. The molecule has 2 aromatic carbocycles. The molecule has 2 amide bonds. The zero-order valence-corrected chi connectivity index (χ0v) is 12.7. The molecule has 0 radical (unpaired) electrons. The van der Waals surface area contributed by atoms with Gasteiger partial charge in [-0.1, -0.05) is 23.7 Å². The fourth-order valence-electron chi connectivity index (χ4n) is 2.49. The molecule has 0 saturated carbocycles. The van der Waals surface area contributed by atoms with Gasteiger partial charge in [0.25, 0.3) is 0 Å². The summed E-state index contributed by atoms with van der Waals surface area (Å²) in [6.07, 6.45) is 0. The highest BCUT2D eigenvalue weighted by atomic mass is 35.5. The van der Waals surface area contributed by atoms with Crippen molar-refractivity contribution in [1.29, 1.82) is 0 Å². The Labute approximate surface area is 132 Å². The Balaban J connectivity index is 1.86. The summed E-state index contributed by atoms with van der Waals surface area (Å²) in [5, 5.41) is 6.02. The summed E-state index contributed by atoms with van der Waals surface area (Å²) < 4.78 is 13.2. The molecule has 2 N–H and O–H groups in total. The first-order valence-electron chi connectivity index (χ1n) is 6.94. The maximum atomic E-state index is 13.2. The van der Waals surface area contributed by atoms with E-state index in [4.69, 9.17) is 11.6 Å². The smallest absolute Gasteiger partial charge is 0.326 e. The molecule has 0 bridgehead atoms. The van der Waals surface area contributed by atoms with Crippen LogP contribution in [0.4, 0.5) is 26.2 Å². The van der Waals surface area contributed by atoms with Gasteiger partial charge in [0.1, 0.15) is 5.82 Å². The number of nitrogens with one attached hydrogen (secondary N) is 2. The van der Waals surface area contributed by atoms with Crippen LogP contribution in [0.5, 0.6) is 0 Å². The first-order valence-corrected chi connectivity index (χ1v) is 7.32. The topological polar surface area (TPSA) is 44.4 Å². The van der Waals surface area contributed by atoms with Crippen LogP contribution in [0.3, 0.4) is 0 Å². The summed E-state index contributed by atoms with van der Waals surface area (Å²) >= 11 is 5.74. The van der Waals surface area contributed by atoms with Crippen LogP contribution >= 0.6 is 11.6 Å². The van der Waals surface area contributed by atoms with E-state index in [0.29, 0.717) is 12.2 Å². The Hall–Kier alpha value is -2.27. The minimum absolute atomic E-state index is 0.00850. The molecule has 2 aromatic rings. The number of halogens is 2. The molecule has 0 fully saturated rings. The van der Waals surface area contributed by atoms with Gasteiger partial charge >= 0.3 is 6.03 Å². The van der Waals surface area contributed by atoms with Gasteiger partial charge in [-0.15, -0.1) is 0 Å². The van der Waals surface area contributed by atoms with Crippen molar-refractivity contribution in [3.8, 4) is 0 Å². The second-order valence-corrected chi connectivity index (χ2v) is 5.58. The molecule has 1 heterocycles. The van der Waals surface area contributed by atoms with E-state index in [1.807, 2.05) is 31.2 Å². The molecule has 1 aliphatic rings. The third-order valence-electron chi connectivity index (χ3n) is 3.58.